The number of nitrogens with one attached hydrogen (secondary N) is 1. The van der Waals surface area contributed by atoms with Gasteiger partial charge in [0, 0.05) is 50.4 Å². The highest BCUT2D eigenvalue weighted by molar-refractivity contribution is 5.88. The van der Waals surface area contributed by atoms with Gasteiger partial charge in [-0.15, -0.1) is 0 Å². The Balaban J connectivity index is 1.26. The van der Waals surface area contributed by atoms with Crippen LogP contribution in [0, 0.1) is 20.8 Å². The van der Waals surface area contributed by atoms with Crippen LogP contribution in [0.15, 0.2) is 0 Å². The van der Waals surface area contributed by atoms with Crippen LogP contribution in [0.3, 0.4) is 0 Å². The largest absolute Gasteiger partial charge is 0.350 e. The second kappa shape index (κ2) is 8.81. The lowest BCUT2D eigenvalue weighted by atomic mass is 9.93. The lowest BCUT2D eigenvalue weighted by Crippen LogP contribution is -2.35. The van der Waals surface area contributed by atoms with Crippen molar-refractivity contribution in [2.45, 2.75) is 84.8 Å². The van der Waals surface area contributed by atoms with E-state index in [-0.39, 0.29) is 0 Å². The van der Waals surface area contributed by atoms with Gasteiger partial charge in [-0.05, 0) is 53.0 Å². The molecule has 1 fully saturated rings. The molecule has 0 saturated heterocycles. The fraction of sp³-hybridized carbons (Fsp3) is 0.667. The summed E-state index contributed by atoms with van der Waals surface area (Å²) in [6.07, 6.45) is 8.87. The van der Waals surface area contributed by atoms with Crippen molar-refractivity contribution in [1.29, 1.82) is 0 Å². The van der Waals surface area contributed by atoms with Crippen molar-refractivity contribution >= 4 is 16.9 Å². The van der Waals surface area contributed by atoms with E-state index in [2.05, 4.69) is 31.9 Å². The van der Waals surface area contributed by atoms with Gasteiger partial charge in [-0.1, -0.05) is 12.8 Å². The SMILES string of the molecule is Cc1nc(N2CCc3c(c(C)nn3CCCCCNC3CCC3)C2)c2c(n1)c(C)nn2C. The van der Waals surface area contributed by atoms with E-state index in [0.29, 0.717) is 0 Å². The zero-order chi connectivity index (χ0) is 22.2. The van der Waals surface area contributed by atoms with Crippen molar-refractivity contribution in [2.75, 3.05) is 18.0 Å². The second-order valence-electron chi connectivity index (χ2n) is 9.55. The zero-order valence-electron chi connectivity index (χ0n) is 20.0. The molecule has 0 spiro atoms. The molecule has 8 nitrogen and oxygen atoms in total. The second-order valence-corrected chi connectivity index (χ2v) is 9.55. The summed E-state index contributed by atoms with van der Waals surface area (Å²) in [7, 11) is 1.98. The monoisotopic (exact) mass is 436 g/mol. The van der Waals surface area contributed by atoms with Crippen molar-refractivity contribution in [3.8, 4) is 0 Å². The van der Waals surface area contributed by atoms with E-state index in [1.54, 1.807) is 0 Å². The van der Waals surface area contributed by atoms with Gasteiger partial charge >= 0.3 is 0 Å². The van der Waals surface area contributed by atoms with Gasteiger partial charge in [0.1, 0.15) is 16.9 Å². The van der Waals surface area contributed by atoms with Crippen LogP contribution in [0.25, 0.3) is 11.0 Å². The Bertz CT molecular complexity index is 1110. The average molecular weight is 437 g/mol. The maximum absolute atomic E-state index is 4.91. The van der Waals surface area contributed by atoms with Gasteiger partial charge in [0.2, 0.25) is 0 Å². The molecule has 32 heavy (non-hydrogen) atoms. The van der Waals surface area contributed by atoms with E-state index < -0.39 is 0 Å². The molecular weight excluding hydrogens is 400 g/mol. The van der Waals surface area contributed by atoms with Crippen LogP contribution in [-0.4, -0.2) is 48.7 Å². The molecule has 0 atom stereocenters. The molecule has 1 saturated carbocycles. The number of fused-ring (bicyclic) bond motifs is 2. The maximum Gasteiger partial charge on any atom is 0.158 e. The molecule has 1 N–H and O–H groups in total. The predicted molar refractivity (Wildman–Crippen MR) is 127 cm³/mol. The lowest BCUT2D eigenvalue weighted by Gasteiger charge is -2.29. The Kier molecular flexibility index (Phi) is 5.88. The van der Waals surface area contributed by atoms with E-state index in [9.17, 15) is 0 Å². The number of aryl methyl sites for hydroxylation is 5. The van der Waals surface area contributed by atoms with Gasteiger partial charge in [-0.25, -0.2) is 9.97 Å². The summed E-state index contributed by atoms with van der Waals surface area (Å²) in [5.74, 6) is 1.79. The summed E-state index contributed by atoms with van der Waals surface area (Å²) in [6.45, 7) is 10.1. The van der Waals surface area contributed by atoms with Crippen molar-refractivity contribution in [2.24, 2.45) is 7.05 Å². The lowest BCUT2D eigenvalue weighted by molar-refractivity contribution is 0.336. The van der Waals surface area contributed by atoms with E-state index in [0.717, 1.165) is 72.7 Å². The molecule has 0 amide bonds. The zero-order valence-corrected chi connectivity index (χ0v) is 20.0. The molecule has 3 aromatic rings. The van der Waals surface area contributed by atoms with Gasteiger partial charge in [-0.3, -0.25) is 9.36 Å². The Morgan fingerprint density at radius 3 is 2.62 bits per heavy atom. The fourth-order valence-electron chi connectivity index (χ4n) is 5.16. The molecule has 172 valence electrons. The number of aromatic nitrogens is 6. The van der Waals surface area contributed by atoms with Crippen LogP contribution in [-0.2, 0) is 26.6 Å². The Labute approximate surface area is 190 Å². The molecule has 0 bridgehead atoms. The third-order valence-corrected chi connectivity index (χ3v) is 7.16. The molecule has 1 aliphatic carbocycles. The first kappa shape index (κ1) is 21.4. The quantitative estimate of drug-likeness (QED) is 0.546. The van der Waals surface area contributed by atoms with Gasteiger partial charge in [0.15, 0.2) is 5.82 Å². The summed E-state index contributed by atoms with van der Waals surface area (Å²) in [6, 6.07) is 0.800. The minimum absolute atomic E-state index is 0.800. The molecule has 1 aliphatic heterocycles. The number of hydrogen-bond acceptors (Lipinski definition) is 6. The average Bonchev–Trinajstić information content (AvgIpc) is 3.20. The highest BCUT2D eigenvalue weighted by Crippen LogP contribution is 2.31. The van der Waals surface area contributed by atoms with Crippen LogP contribution in [0.4, 0.5) is 5.82 Å². The molecule has 0 aromatic carbocycles. The Morgan fingerprint density at radius 2 is 1.84 bits per heavy atom. The normalized spacial score (nSPS) is 16.6. The van der Waals surface area contributed by atoms with Gasteiger partial charge in [0.25, 0.3) is 0 Å². The first-order chi connectivity index (χ1) is 15.5. The third kappa shape index (κ3) is 4.00. The number of rotatable bonds is 8. The van der Waals surface area contributed by atoms with Crippen LogP contribution < -0.4 is 10.2 Å². The number of hydrogen-bond donors (Lipinski definition) is 1. The predicted octanol–water partition coefficient (Wildman–Crippen LogP) is 3.36. The molecule has 2 aliphatic rings. The van der Waals surface area contributed by atoms with Crippen LogP contribution in [0.5, 0.6) is 0 Å². The van der Waals surface area contributed by atoms with Crippen LogP contribution in [0.1, 0.15) is 67.0 Å². The highest BCUT2D eigenvalue weighted by Gasteiger charge is 2.27. The van der Waals surface area contributed by atoms with E-state index >= 15 is 0 Å². The van der Waals surface area contributed by atoms with Crippen LogP contribution >= 0.6 is 0 Å². The number of unbranched alkanes of at least 4 members (excludes halogenated alkanes) is 2. The smallest absolute Gasteiger partial charge is 0.158 e. The molecule has 0 radical (unpaired) electrons. The Morgan fingerprint density at radius 1 is 1.00 bits per heavy atom. The topological polar surface area (TPSA) is 76.7 Å². The van der Waals surface area contributed by atoms with Gasteiger partial charge in [0.05, 0.1) is 11.4 Å². The summed E-state index contributed by atoms with van der Waals surface area (Å²) in [5.41, 5.74) is 6.87. The summed E-state index contributed by atoms with van der Waals surface area (Å²) in [4.78, 5) is 11.9. The molecule has 5 rings (SSSR count). The molecule has 8 heteroatoms. The van der Waals surface area contributed by atoms with E-state index in [4.69, 9.17) is 10.1 Å². The van der Waals surface area contributed by atoms with Crippen molar-refractivity contribution < 1.29 is 0 Å². The molecule has 0 unspecified atom stereocenters. The maximum atomic E-state index is 4.91. The number of anilines is 1. The highest BCUT2D eigenvalue weighted by atomic mass is 15.3. The third-order valence-electron chi connectivity index (χ3n) is 7.16. The first-order valence-corrected chi connectivity index (χ1v) is 12.2. The van der Waals surface area contributed by atoms with E-state index in [1.807, 2.05) is 25.6 Å². The summed E-state index contributed by atoms with van der Waals surface area (Å²) in [5, 5.41) is 13.2. The van der Waals surface area contributed by atoms with Crippen LogP contribution in [0.2, 0.25) is 0 Å². The Hall–Kier alpha value is -2.48. The first-order valence-electron chi connectivity index (χ1n) is 12.2. The minimum atomic E-state index is 0.800. The van der Waals surface area contributed by atoms with Gasteiger partial charge in [-0.2, -0.15) is 10.2 Å². The van der Waals surface area contributed by atoms with Gasteiger partial charge < -0.3 is 10.2 Å². The molecule has 4 heterocycles. The van der Waals surface area contributed by atoms with E-state index in [1.165, 1.54) is 49.8 Å². The molecular formula is C24H36N8. The molecule has 3 aromatic heterocycles. The standard InChI is InChI=1S/C24H36N8/c1-16-20-15-31(24-23-22(26-18(3)27-24)17(2)28-30(23)4)14-11-21(20)32(29-16)13-7-5-6-12-25-19-9-8-10-19/h19,25H,5-15H2,1-4H3. The summed E-state index contributed by atoms with van der Waals surface area (Å²) >= 11 is 0. The van der Waals surface area contributed by atoms with Crippen molar-refractivity contribution in [3.63, 3.8) is 0 Å². The minimum Gasteiger partial charge on any atom is -0.350 e. The van der Waals surface area contributed by atoms with Crippen molar-refractivity contribution in [1.82, 2.24) is 34.8 Å². The number of nitrogens with zero attached hydrogens (tertiary/aromatic N) is 7. The summed E-state index contributed by atoms with van der Waals surface area (Å²) < 4.78 is 4.20. The van der Waals surface area contributed by atoms with Crippen molar-refractivity contribution in [3.05, 3.63) is 28.5 Å². The fourth-order valence-corrected chi connectivity index (χ4v) is 5.16.